The number of hydrogen-bond acceptors (Lipinski definition) is 2. The molecule has 2 nitrogen and oxygen atoms in total. The molecule has 1 aromatic rings. The molecule has 0 N–H and O–H groups in total. The van der Waals surface area contributed by atoms with Crippen molar-refractivity contribution in [1.29, 1.82) is 0 Å². The predicted molar refractivity (Wildman–Crippen MR) is 77.5 cm³/mol. The van der Waals surface area contributed by atoms with Crippen LogP contribution in [-0.2, 0) is 10.8 Å². The Labute approximate surface area is 115 Å². The third-order valence-electron chi connectivity index (χ3n) is 2.51. The highest BCUT2D eigenvalue weighted by atomic mass is 79.9. The summed E-state index contributed by atoms with van der Waals surface area (Å²) in [4.78, 5) is 4.48. The van der Waals surface area contributed by atoms with E-state index in [2.05, 4.69) is 60.8 Å². The standard InChI is InChI=1S/C13H21BrNOSi/c1-13(2,3)11(16-17(4)5)9-10-7-6-8-12(14)15-10/h6-8,11H,9H2,1-5H3. The summed E-state index contributed by atoms with van der Waals surface area (Å²) in [5.74, 6) is 0. The molecule has 0 aliphatic heterocycles. The van der Waals surface area contributed by atoms with Gasteiger partial charge in [-0.1, -0.05) is 26.8 Å². The number of pyridine rings is 1. The van der Waals surface area contributed by atoms with Crippen molar-refractivity contribution >= 4 is 25.0 Å². The second-order valence-electron chi connectivity index (χ2n) is 5.54. The fourth-order valence-corrected chi connectivity index (χ4v) is 2.95. The second-order valence-corrected chi connectivity index (χ2v) is 8.40. The van der Waals surface area contributed by atoms with Gasteiger partial charge in [0, 0.05) is 12.1 Å². The summed E-state index contributed by atoms with van der Waals surface area (Å²) in [5.41, 5.74) is 1.23. The topological polar surface area (TPSA) is 22.1 Å². The van der Waals surface area contributed by atoms with Crippen molar-refractivity contribution in [1.82, 2.24) is 4.98 Å². The smallest absolute Gasteiger partial charge is 0.205 e. The minimum atomic E-state index is -0.684. The van der Waals surface area contributed by atoms with E-state index in [9.17, 15) is 0 Å². The van der Waals surface area contributed by atoms with Crippen LogP contribution in [0, 0.1) is 5.41 Å². The molecule has 0 saturated carbocycles. The summed E-state index contributed by atoms with van der Waals surface area (Å²) in [6.07, 6.45) is 1.10. The molecule has 17 heavy (non-hydrogen) atoms. The summed E-state index contributed by atoms with van der Waals surface area (Å²) in [6.45, 7) is 11.0. The molecule has 0 aliphatic carbocycles. The fraction of sp³-hybridized carbons (Fsp3) is 0.615. The minimum absolute atomic E-state index is 0.145. The zero-order chi connectivity index (χ0) is 13.1. The van der Waals surface area contributed by atoms with Gasteiger partial charge in [-0.25, -0.2) is 4.98 Å². The highest BCUT2D eigenvalue weighted by Crippen LogP contribution is 2.26. The molecule has 0 aromatic carbocycles. The van der Waals surface area contributed by atoms with Gasteiger partial charge < -0.3 is 4.43 Å². The van der Waals surface area contributed by atoms with Crippen LogP contribution in [0.3, 0.4) is 0 Å². The zero-order valence-electron chi connectivity index (χ0n) is 11.2. The molecule has 1 aromatic heterocycles. The van der Waals surface area contributed by atoms with Gasteiger partial charge in [-0.05, 0) is 46.6 Å². The van der Waals surface area contributed by atoms with Crippen LogP contribution in [0.15, 0.2) is 22.8 Å². The lowest BCUT2D eigenvalue weighted by Gasteiger charge is -2.32. The maximum absolute atomic E-state index is 6.11. The van der Waals surface area contributed by atoms with E-state index in [1.165, 1.54) is 0 Å². The van der Waals surface area contributed by atoms with Gasteiger partial charge >= 0.3 is 0 Å². The Hall–Kier alpha value is -0.193. The van der Waals surface area contributed by atoms with Crippen LogP contribution >= 0.6 is 15.9 Å². The van der Waals surface area contributed by atoms with Crippen molar-refractivity contribution in [2.45, 2.75) is 46.4 Å². The summed E-state index contributed by atoms with van der Waals surface area (Å²) in [6, 6.07) is 6.03. The van der Waals surface area contributed by atoms with Crippen molar-refractivity contribution in [2.24, 2.45) is 5.41 Å². The van der Waals surface area contributed by atoms with Crippen LogP contribution < -0.4 is 0 Å². The first-order chi connectivity index (χ1) is 7.79. The van der Waals surface area contributed by atoms with Crippen molar-refractivity contribution in [2.75, 3.05) is 0 Å². The summed E-state index contributed by atoms with van der Waals surface area (Å²) >= 11 is 3.41. The molecular weight excluding hydrogens is 294 g/mol. The lowest BCUT2D eigenvalue weighted by Crippen LogP contribution is -2.35. The van der Waals surface area contributed by atoms with Gasteiger partial charge in [-0.3, -0.25) is 0 Å². The fourth-order valence-electron chi connectivity index (χ4n) is 1.56. The Morgan fingerprint density at radius 1 is 1.35 bits per heavy atom. The molecule has 1 rings (SSSR count). The van der Waals surface area contributed by atoms with E-state index >= 15 is 0 Å². The van der Waals surface area contributed by atoms with Crippen LogP contribution in [-0.4, -0.2) is 20.1 Å². The number of hydrogen-bond donors (Lipinski definition) is 0. The Kier molecular flexibility index (Phi) is 5.35. The molecule has 0 amide bonds. The van der Waals surface area contributed by atoms with Gasteiger partial charge in [0.05, 0.1) is 6.10 Å². The molecule has 1 radical (unpaired) electrons. The van der Waals surface area contributed by atoms with Crippen molar-refractivity contribution in [3.8, 4) is 0 Å². The van der Waals surface area contributed by atoms with Crippen molar-refractivity contribution < 1.29 is 4.43 Å². The SMILES string of the molecule is C[Si](C)OC(Cc1cccc(Br)n1)C(C)(C)C. The molecule has 4 heteroatoms. The van der Waals surface area contributed by atoms with Gasteiger partial charge in [-0.15, -0.1) is 0 Å². The van der Waals surface area contributed by atoms with Crippen LogP contribution in [0.4, 0.5) is 0 Å². The van der Waals surface area contributed by atoms with E-state index in [1.807, 2.05) is 12.1 Å². The Morgan fingerprint density at radius 3 is 2.47 bits per heavy atom. The first kappa shape index (κ1) is 14.9. The highest BCUT2D eigenvalue weighted by Gasteiger charge is 2.27. The molecule has 0 fully saturated rings. The maximum atomic E-state index is 6.11. The highest BCUT2D eigenvalue weighted by molar-refractivity contribution is 9.10. The van der Waals surface area contributed by atoms with Gasteiger partial charge in [0.25, 0.3) is 0 Å². The van der Waals surface area contributed by atoms with E-state index in [1.54, 1.807) is 0 Å². The van der Waals surface area contributed by atoms with Gasteiger partial charge in [-0.2, -0.15) is 0 Å². The van der Waals surface area contributed by atoms with Gasteiger partial charge in [0.1, 0.15) is 4.60 Å². The van der Waals surface area contributed by atoms with Crippen LogP contribution in [0.25, 0.3) is 0 Å². The lowest BCUT2D eigenvalue weighted by atomic mass is 9.86. The molecule has 0 spiro atoms. The Bertz CT molecular complexity index is 363. The van der Waals surface area contributed by atoms with E-state index in [4.69, 9.17) is 4.43 Å². The molecule has 95 valence electrons. The lowest BCUT2D eigenvalue weighted by molar-refractivity contribution is 0.0858. The molecular formula is C13H21BrNOSi. The third-order valence-corrected chi connectivity index (χ3v) is 3.71. The average molecular weight is 315 g/mol. The molecule has 1 unspecified atom stereocenters. The number of aromatic nitrogens is 1. The van der Waals surface area contributed by atoms with Crippen LogP contribution in [0.1, 0.15) is 26.5 Å². The molecule has 0 saturated heterocycles. The predicted octanol–water partition coefficient (Wildman–Crippen LogP) is 4.07. The third kappa shape index (κ3) is 5.32. The quantitative estimate of drug-likeness (QED) is 0.617. The largest absolute Gasteiger partial charge is 0.413 e. The van der Waals surface area contributed by atoms with Crippen molar-refractivity contribution in [3.05, 3.63) is 28.5 Å². The summed E-state index contributed by atoms with van der Waals surface area (Å²) in [5, 5.41) is 0. The Balaban J connectivity index is 2.79. The minimum Gasteiger partial charge on any atom is -0.413 e. The van der Waals surface area contributed by atoms with Gasteiger partial charge in [0.15, 0.2) is 0 Å². The summed E-state index contributed by atoms with van der Waals surface area (Å²) in [7, 11) is -0.684. The molecule has 1 atom stereocenters. The van der Waals surface area contributed by atoms with E-state index in [0.29, 0.717) is 0 Å². The molecule has 1 heterocycles. The average Bonchev–Trinajstić information content (AvgIpc) is 2.14. The second kappa shape index (κ2) is 6.11. The number of rotatable bonds is 4. The van der Waals surface area contributed by atoms with Gasteiger partial charge in [0.2, 0.25) is 9.04 Å². The van der Waals surface area contributed by atoms with Crippen LogP contribution in [0.5, 0.6) is 0 Å². The van der Waals surface area contributed by atoms with E-state index in [0.717, 1.165) is 16.7 Å². The number of nitrogens with zero attached hydrogens (tertiary/aromatic N) is 1. The normalized spacial score (nSPS) is 14.1. The van der Waals surface area contributed by atoms with E-state index in [-0.39, 0.29) is 11.5 Å². The maximum Gasteiger partial charge on any atom is 0.205 e. The van der Waals surface area contributed by atoms with E-state index < -0.39 is 9.04 Å². The molecule has 0 bridgehead atoms. The number of halogens is 1. The Morgan fingerprint density at radius 2 is 2.00 bits per heavy atom. The zero-order valence-corrected chi connectivity index (χ0v) is 13.8. The van der Waals surface area contributed by atoms with Crippen molar-refractivity contribution in [3.63, 3.8) is 0 Å². The first-order valence-electron chi connectivity index (χ1n) is 5.87. The first-order valence-corrected chi connectivity index (χ1v) is 9.07. The monoisotopic (exact) mass is 314 g/mol. The van der Waals surface area contributed by atoms with Crippen LogP contribution in [0.2, 0.25) is 13.1 Å². The summed E-state index contributed by atoms with van der Waals surface area (Å²) < 4.78 is 7.00. The molecule has 0 aliphatic rings.